The minimum Gasteiger partial charge on any atom is -0.247 e. The normalized spacial score (nSPS) is 13.6. The fourth-order valence-electron chi connectivity index (χ4n) is 6.81. The Morgan fingerprint density at radius 1 is 0.619 bits per heavy atom. The fourth-order valence-corrected chi connectivity index (χ4v) is 6.81. The molecule has 1 aromatic heterocycles. The molecular formula is C40H55N2+. The second-order valence-corrected chi connectivity index (χ2v) is 12.6. The molecule has 1 heterocycles. The molecule has 0 saturated carbocycles. The number of benzene rings is 3. The Morgan fingerprint density at radius 2 is 1.12 bits per heavy atom. The summed E-state index contributed by atoms with van der Waals surface area (Å²) >= 11 is 0. The molecule has 4 aromatic rings. The van der Waals surface area contributed by atoms with E-state index in [1.165, 1.54) is 106 Å². The summed E-state index contributed by atoms with van der Waals surface area (Å²) in [6, 6.07) is 33.3. The van der Waals surface area contributed by atoms with Crippen LogP contribution in [0.2, 0.25) is 0 Å². The van der Waals surface area contributed by atoms with E-state index in [0.29, 0.717) is 5.92 Å². The van der Waals surface area contributed by atoms with E-state index in [4.69, 9.17) is 0 Å². The molecule has 42 heavy (non-hydrogen) atoms. The summed E-state index contributed by atoms with van der Waals surface area (Å²) in [4.78, 5) is 3.74. The standard InChI is InChI=1S/C40H54N2/c1-3-4-5-6-7-8-9-10-11-12-13-23-30-38(39-41-31-32-42(39)34-36-26-19-15-20-27-36)40(2,37-28-21-16-22-29-37)33-35-24-17-14-18-25-35/h14-22,24-29,31-32,38H,3-13,23,30,33-34H2,1-2H3/p+1. The van der Waals surface area contributed by atoms with Crippen LogP contribution in [0.1, 0.15) is 126 Å². The Kier molecular flexibility index (Phi) is 13.4. The number of hydrogen-bond acceptors (Lipinski definition) is 0. The van der Waals surface area contributed by atoms with E-state index in [0.717, 1.165) is 13.0 Å². The van der Waals surface area contributed by atoms with Crippen LogP contribution < -0.4 is 4.57 Å². The quantitative estimate of drug-likeness (QED) is 0.0815. The molecule has 0 spiro atoms. The van der Waals surface area contributed by atoms with Gasteiger partial charge in [0.25, 0.3) is 5.82 Å². The fraction of sp³-hybridized carbons (Fsp3) is 0.475. The van der Waals surface area contributed by atoms with E-state index in [1.807, 2.05) is 0 Å². The molecule has 3 aromatic carbocycles. The zero-order valence-electron chi connectivity index (χ0n) is 26.4. The smallest absolute Gasteiger partial charge is 0.247 e. The number of imidazole rings is 1. The molecule has 2 heteroatoms. The van der Waals surface area contributed by atoms with Gasteiger partial charge in [-0.2, -0.15) is 0 Å². The molecule has 0 amide bonds. The Hall–Kier alpha value is -3.13. The SMILES string of the molecule is CCCCCCCCCCCCCCC(c1[nH]cc[n+]1Cc1ccccc1)C(C)(Cc1ccccc1)c1ccccc1. The second-order valence-electron chi connectivity index (χ2n) is 12.6. The highest BCUT2D eigenvalue weighted by molar-refractivity contribution is 5.32. The van der Waals surface area contributed by atoms with Gasteiger partial charge in [0.05, 0.1) is 5.92 Å². The summed E-state index contributed by atoms with van der Waals surface area (Å²) in [5.41, 5.74) is 4.14. The first kappa shape index (κ1) is 31.8. The number of aromatic nitrogens is 2. The van der Waals surface area contributed by atoms with Gasteiger partial charge in [0.15, 0.2) is 0 Å². The Balaban J connectivity index is 1.47. The van der Waals surface area contributed by atoms with Crippen molar-refractivity contribution in [3.05, 3.63) is 126 Å². The average Bonchev–Trinajstić information content (AvgIpc) is 3.48. The van der Waals surface area contributed by atoms with Crippen LogP contribution in [0.3, 0.4) is 0 Å². The minimum atomic E-state index is -0.0380. The lowest BCUT2D eigenvalue weighted by Crippen LogP contribution is -2.44. The summed E-state index contributed by atoms with van der Waals surface area (Å²) in [5, 5.41) is 0. The van der Waals surface area contributed by atoms with Crippen molar-refractivity contribution in [1.82, 2.24) is 4.98 Å². The summed E-state index contributed by atoms with van der Waals surface area (Å²) in [7, 11) is 0. The second kappa shape index (κ2) is 17.7. The number of unbranched alkanes of at least 4 members (excludes halogenated alkanes) is 11. The first-order chi connectivity index (χ1) is 20.7. The number of nitrogens with one attached hydrogen (secondary N) is 1. The van der Waals surface area contributed by atoms with Crippen molar-refractivity contribution in [1.29, 1.82) is 0 Å². The van der Waals surface area contributed by atoms with Crippen molar-refractivity contribution in [2.24, 2.45) is 0 Å². The molecule has 4 rings (SSSR count). The van der Waals surface area contributed by atoms with Crippen LogP contribution in [-0.2, 0) is 18.4 Å². The Labute approximate surface area is 256 Å². The molecule has 224 valence electrons. The molecular weight excluding hydrogens is 508 g/mol. The number of nitrogens with zero attached hydrogens (tertiary/aromatic N) is 1. The molecule has 0 aliphatic heterocycles. The van der Waals surface area contributed by atoms with Crippen LogP contribution in [0.25, 0.3) is 0 Å². The maximum Gasteiger partial charge on any atom is 0.258 e. The van der Waals surface area contributed by atoms with Crippen molar-refractivity contribution >= 4 is 0 Å². The predicted molar refractivity (Wildman–Crippen MR) is 179 cm³/mol. The third-order valence-electron chi connectivity index (χ3n) is 9.28. The van der Waals surface area contributed by atoms with Gasteiger partial charge >= 0.3 is 0 Å². The molecule has 1 N–H and O–H groups in total. The number of rotatable bonds is 20. The summed E-state index contributed by atoms with van der Waals surface area (Å²) in [6.07, 6.45) is 23.2. The van der Waals surface area contributed by atoms with Crippen LogP contribution in [0.15, 0.2) is 103 Å². The number of H-pyrrole nitrogens is 1. The zero-order chi connectivity index (χ0) is 29.3. The molecule has 0 aliphatic rings. The maximum absolute atomic E-state index is 3.74. The molecule has 2 nitrogen and oxygen atoms in total. The highest BCUT2D eigenvalue weighted by Gasteiger charge is 2.42. The van der Waals surface area contributed by atoms with Gasteiger partial charge in [-0.05, 0) is 29.5 Å². The van der Waals surface area contributed by atoms with Gasteiger partial charge < -0.3 is 0 Å². The van der Waals surface area contributed by atoms with Crippen LogP contribution in [0, 0.1) is 0 Å². The van der Waals surface area contributed by atoms with Crippen LogP contribution in [-0.4, -0.2) is 4.98 Å². The summed E-state index contributed by atoms with van der Waals surface area (Å²) < 4.78 is 2.46. The van der Waals surface area contributed by atoms with Gasteiger partial charge in [0.1, 0.15) is 18.9 Å². The Morgan fingerprint density at radius 3 is 1.69 bits per heavy atom. The lowest BCUT2D eigenvalue weighted by atomic mass is 9.66. The van der Waals surface area contributed by atoms with E-state index in [1.54, 1.807) is 0 Å². The highest BCUT2D eigenvalue weighted by atomic mass is 15.1. The molecule has 0 aliphatic carbocycles. The maximum atomic E-state index is 3.74. The van der Waals surface area contributed by atoms with Crippen LogP contribution in [0.5, 0.6) is 0 Å². The van der Waals surface area contributed by atoms with Crippen LogP contribution >= 0.6 is 0 Å². The Bertz CT molecular complexity index is 1230. The number of hydrogen-bond donors (Lipinski definition) is 1. The monoisotopic (exact) mass is 563 g/mol. The average molecular weight is 564 g/mol. The van der Waals surface area contributed by atoms with Gasteiger partial charge in [-0.25, -0.2) is 9.55 Å². The van der Waals surface area contributed by atoms with Gasteiger partial charge in [-0.15, -0.1) is 0 Å². The van der Waals surface area contributed by atoms with E-state index in [2.05, 4.69) is 127 Å². The van der Waals surface area contributed by atoms with Crippen LogP contribution in [0.4, 0.5) is 0 Å². The third kappa shape index (κ3) is 9.72. The third-order valence-corrected chi connectivity index (χ3v) is 9.28. The molecule has 0 bridgehead atoms. The van der Waals surface area contributed by atoms with Gasteiger partial charge in [0, 0.05) is 5.41 Å². The molecule has 0 saturated heterocycles. The van der Waals surface area contributed by atoms with E-state index < -0.39 is 0 Å². The van der Waals surface area contributed by atoms with Crippen molar-refractivity contribution in [3.8, 4) is 0 Å². The van der Waals surface area contributed by atoms with E-state index in [9.17, 15) is 0 Å². The van der Waals surface area contributed by atoms with Crippen molar-refractivity contribution in [3.63, 3.8) is 0 Å². The lowest BCUT2D eigenvalue weighted by Gasteiger charge is -2.37. The minimum absolute atomic E-state index is 0.0380. The van der Waals surface area contributed by atoms with Gasteiger partial charge in [-0.1, -0.05) is 182 Å². The van der Waals surface area contributed by atoms with Gasteiger partial charge in [0.2, 0.25) is 0 Å². The van der Waals surface area contributed by atoms with Crippen molar-refractivity contribution in [2.45, 2.75) is 122 Å². The molecule has 0 fully saturated rings. The zero-order valence-corrected chi connectivity index (χ0v) is 26.4. The molecule has 2 unspecified atom stereocenters. The van der Waals surface area contributed by atoms with E-state index >= 15 is 0 Å². The summed E-state index contributed by atoms with van der Waals surface area (Å²) in [5.74, 6) is 1.73. The largest absolute Gasteiger partial charge is 0.258 e. The first-order valence-corrected chi connectivity index (χ1v) is 16.9. The summed E-state index contributed by atoms with van der Waals surface area (Å²) in [6.45, 7) is 5.70. The van der Waals surface area contributed by atoms with Crippen molar-refractivity contribution < 1.29 is 4.57 Å². The first-order valence-electron chi connectivity index (χ1n) is 16.9. The molecule has 2 atom stereocenters. The molecule has 0 radical (unpaired) electrons. The van der Waals surface area contributed by atoms with Crippen molar-refractivity contribution in [2.75, 3.05) is 0 Å². The van der Waals surface area contributed by atoms with Gasteiger partial charge in [-0.3, -0.25) is 0 Å². The highest BCUT2D eigenvalue weighted by Crippen LogP contribution is 2.43. The lowest BCUT2D eigenvalue weighted by molar-refractivity contribution is -0.696. The number of aromatic amines is 1. The van der Waals surface area contributed by atoms with E-state index in [-0.39, 0.29) is 5.41 Å². The predicted octanol–water partition coefficient (Wildman–Crippen LogP) is 10.7. The topological polar surface area (TPSA) is 19.7 Å².